The summed E-state index contributed by atoms with van der Waals surface area (Å²) in [5, 5.41) is 5.94. The fraction of sp³-hybridized carbons (Fsp3) is 0.750. The van der Waals surface area contributed by atoms with Crippen LogP contribution in [-0.2, 0) is 4.79 Å². The van der Waals surface area contributed by atoms with E-state index in [0.29, 0.717) is 31.5 Å². The molecule has 0 aromatic heterocycles. The zero-order valence-corrected chi connectivity index (χ0v) is 9.97. The van der Waals surface area contributed by atoms with Gasteiger partial charge < -0.3 is 10.6 Å². The molecule has 0 aromatic rings. The van der Waals surface area contributed by atoms with Crippen molar-refractivity contribution in [1.82, 2.24) is 10.6 Å². The molecular weight excluding hydrogens is 188 g/mol. The fourth-order valence-electron chi connectivity index (χ4n) is 1.46. The van der Waals surface area contributed by atoms with E-state index in [1.807, 2.05) is 0 Å². The molecule has 0 radical (unpaired) electrons. The number of hydrogen-bond acceptors (Lipinski definition) is 2. The summed E-state index contributed by atoms with van der Waals surface area (Å²) in [6.45, 7) is 7.56. The number of nitrogens with one attached hydrogen (secondary N) is 2. The van der Waals surface area contributed by atoms with Gasteiger partial charge in [0, 0.05) is 19.0 Å². The Hall–Kier alpha value is -1.01. The van der Waals surface area contributed by atoms with Gasteiger partial charge in [0.25, 0.3) is 0 Å². The highest BCUT2D eigenvalue weighted by atomic mass is 16.1. The number of hydrogen-bond donors (Lipinski definition) is 2. The second-order valence-corrected chi connectivity index (χ2v) is 4.22. The SMILES string of the molecule is C#CCNC(=O)CCNC(C)CC(C)C. The van der Waals surface area contributed by atoms with Crippen molar-refractivity contribution in [2.24, 2.45) is 5.92 Å². The van der Waals surface area contributed by atoms with E-state index in [2.05, 4.69) is 37.3 Å². The van der Waals surface area contributed by atoms with Crippen molar-refractivity contribution in [3.63, 3.8) is 0 Å². The zero-order chi connectivity index (χ0) is 11.7. The van der Waals surface area contributed by atoms with Crippen LogP contribution in [0.1, 0.15) is 33.6 Å². The smallest absolute Gasteiger partial charge is 0.222 e. The van der Waals surface area contributed by atoms with E-state index < -0.39 is 0 Å². The van der Waals surface area contributed by atoms with Crippen LogP contribution in [-0.4, -0.2) is 25.0 Å². The van der Waals surface area contributed by atoms with Crippen molar-refractivity contribution in [3.8, 4) is 12.3 Å². The Balaban J connectivity index is 3.45. The van der Waals surface area contributed by atoms with E-state index in [9.17, 15) is 4.79 Å². The molecular formula is C12H22N2O. The Kier molecular flexibility index (Phi) is 7.75. The molecule has 3 heteroatoms. The van der Waals surface area contributed by atoms with Crippen LogP contribution in [0.25, 0.3) is 0 Å². The van der Waals surface area contributed by atoms with Gasteiger partial charge in [-0.2, -0.15) is 0 Å². The Bertz CT molecular complexity index is 218. The van der Waals surface area contributed by atoms with Crippen LogP contribution in [0, 0.1) is 18.3 Å². The number of carbonyl (C=O) groups is 1. The average molecular weight is 210 g/mol. The summed E-state index contributed by atoms with van der Waals surface area (Å²) in [4.78, 5) is 11.2. The molecule has 0 spiro atoms. The van der Waals surface area contributed by atoms with Gasteiger partial charge in [-0.25, -0.2) is 0 Å². The minimum atomic E-state index is 0.0113. The molecule has 0 aliphatic heterocycles. The van der Waals surface area contributed by atoms with Gasteiger partial charge in [-0.05, 0) is 19.3 Å². The van der Waals surface area contributed by atoms with Crippen LogP contribution in [0.15, 0.2) is 0 Å². The van der Waals surface area contributed by atoms with Gasteiger partial charge >= 0.3 is 0 Å². The van der Waals surface area contributed by atoms with E-state index >= 15 is 0 Å². The number of terminal acetylenes is 1. The predicted molar refractivity (Wildman–Crippen MR) is 63.4 cm³/mol. The summed E-state index contributed by atoms with van der Waals surface area (Å²) in [6, 6.07) is 0.463. The van der Waals surface area contributed by atoms with Crippen molar-refractivity contribution in [1.29, 1.82) is 0 Å². The first kappa shape index (κ1) is 14.0. The lowest BCUT2D eigenvalue weighted by molar-refractivity contribution is -0.120. The Morgan fingerprint density at radius 3 is 2.60 bits per heavy atom. The molecule has 1 unspecified atom stereocenters. The van der Waals surface area contributed by atoms with Crippen molar-refractivity contribution in [2.45, 2.75) is 39.7 Å². The van der Waals surface area contributed by atoms with Gasteiger partial charge in [-0.3, -0.25) is 4.79 Å². The maximum absolute atomic E-state index is 11.2. The lowest BCUT2D eigenvalue weighted by atomic mass is 10.1. The standard InChI is InChI=1S/C12H22N2O/c1-5-7-14-12(15)6-8-13-11(4)9-10(2)3/h1,10-11,13H,6-9H2,2-4H3,(H,14,15). The average Bonchev–Trinajstić information content (AvgIpc) is 2.13. The molecule has 0 heterocycles. The molecule has 0 aliphatic carbocycles. The molecule has 1 atom stereocenters. The van der Waals surface area contributed by atoms with Gasteiger partial charge in [0.1, 0.15) is 0 Å². The Morgan fingerprint density at radius 2 is 2.07 bits per heavy atom. The minimum absolute atomic E-state index is 0.0113. The Morgan fingerprint density at radius 1 is 1.40 bits per heavy atom. The molecule has 0 fully saturated rings. The molecule has 0 saturated carbocycles. The van der Waals surface area contributed by atoms with Crippen LogP contribution in [0.3, 0.4) is 0 Å². The molecule has 0 rings (SSSR count). The molecule has 0 aromatic carbocycles. The van der Waals surface area contributed by atoms with Gasteiger partial charge in [0.15, 0.2) is 0 Å². The van der Waals surface area contributed by atoms with Crippen LogP contribution in [0.2, 0.25) is 0 Å². The highest BCUT2D eigenvalue weighted by Crippen LogP contribution is 2.03. The van der Waals surface area contributed by atoms with E-state index in [1.54, 1.807) is 0 Å². The first-order chi connectivity index (χ1) is 7.06. The van der Waals surface area contributed by atoms with Crippen molar-refractivity contribution in [3.05, 3.63) is 0 Å². The topological polar surface area (TPSA) is 41.1 Å². The summed E-state index contributed by atoms with van der Waals surface area (Å²) in [5.41, 5.74) is 0. The number of carbonyl (C=O) groups excluding carboxylic acids is 1. The summed E-state index contributed by atoms with van der Waals surface area (Å²) in [5.74, 6) is 3.07. The third-order valence-electron chi connectivity index (χ3n) is 2.06. The second kappa shape index (κ2) is 8.31. The van der Waals surface area contributed by atoms with Gasteiger partial charge in [0.05, 0.1) is 6.54 Å². The van der Waals surface area contributed by atoms with Crippen molar-refractivity contribution in [2.75, 3.05) is 13.1 Å². The lowest BCUT2D eigenvalue weighted by Crippen LogP contribution is -2.32. The molecule has 3 nitrogen and oxygen atoms in total. The quantitative estimate of drug-likeness (QED) is 0.619. The third-order valence-corrected chi connectivity index (χ3v) is 2.06. The molecule has 1 amide bonds. The van der Waals surface area contributed by atoms with Gasteiger partial charge in [0.2, 0.25) is 5.91 Å². The summed E-state index contributed by atoms with van der Waals surface area (Å²) in [7, 11) is 0. The van der Waals surface area contributed by atoms with Crippen LogP contribution >= 0.6 is 0 Å². The normalized spacial score (nSPS) is 12.2. The zero-order valence-electron chi connectivity index (χ0n) is 9.97. The van der Waals surface area contributed by atoms with Crippen LogP contribution in [0.4, 0.5) is 0 Å². The molecule has 0 bridgehead atoms. The Labute approximate surface area is 93.0 Å². The number of rotatable bonds is 7. The van der Waals surface area contributed by atoms with Gasteiger partial charge in [-0.1, -0.05) is 19.8 Å². The molecule has 0 aliphatic rings. The maximum Gasteiger partial charge on any atom is 0.222 e. The minimum Gasteiger partial charge on any atom is -0.345 e. The van der Waals surface area contributed by atoms with E-state index in [0.717, 1.165) is 6.42 Å². The highest BCUT2D eigenvalue weighted by molar-refractivity contribution is 5.76. The van der Waals surface area contributed by atoms with Crippen molar-refractivity contribution < 1.29 is 4.79 Å². The monoisotopic (exact) mass is 210 g/mol. The van der Waals surface area contributed by atoms with Gasteiger partial charge in [-0.15, -0.1) is 6.42 Å². The van der Waals surface area contributed by atoms with E-state index in [4.69, 9.17) is 6.42 Å². The first-order valence-electron chi connectivity index (χ1n) is 5.49. The largest absolute Gasteiger partial charge is 0.345 e. The second-order valence-electron chi connectivity index (χ2n) is 4.22. The third kappa shape index (κ3) is 9.30. The van der Waals surface area contributed by atoms with Crippen LogP contribution in [0.5, 0.6) is 0 Å². The van der Waals surface area contributed by atoms with E-state index in [-0.39, 0.29) is 5.91 Å². The fourth-order valence-corrected chi connectivity index (χ4v) is 1.46. The maximum atomic E-state index is 11.2. The summed E-state index contributed by atoms with van der Waals surface area (Å²) in [6.07, 6.45) is 6.65. The predicted octanol–water partition coefficient (Wildman–Crippen LogP) is 1.15. The molecule has 0 saturated heterocycles. The first-order valence-corrected chi connectivity index (χ1v) is 5.49. The summed E-state index contributed by atoms with van der Waals surface area (Å²) < 4.78 is 0. The molecule has 86 valence electrons. The van der Waals surface area contributed by atoms with E-state index in [1.165, 1.54) is 0 Å². The molecule has 15 heavy (non-hydrogen) atoms. The summed E-state index contributed by atoms with van der Waals surface area (Å²) >= 11 is 0. The highest BCUT2D eigenvalue weighted by Gasteiger charge is 2.05. The van der Waals surface area contributed by atoms with Crippen molar-refractivity contribution >= 4 is 5.91 Å². The van der Waals surface area contributed by atoms with Crippen LogP contribution < -0.4 is 10.6 Å². The number of amides is 1. The lowest BCUT2D eigenvalue weighted by Gasteiger charge is -2.15. The molecule has 2 N–H and O–H groups in total.